The van der Waals surface area contributed by atoms with Crippen molar-refractivity contribution >= 4 is 28.7 Å². The molecule has 0 amide bonds. The van der Waals surface area contributed by atoms with E-state index in [1.165, 1.54) is 39.0 Å². The summed E-state index contributed by atoms with van der Waals surface area (Å²) >= 11 is 0. The van der Waals surface area contributed by atoms with Crippen molar-refractivity contribution in [1.82, 2.24) is 0 Å². The zero-order valence-corrected chi connectivity index (χ0v) is 21.1. The van der Waals surface area contributed by atoms with Gasteiger partial charge in [0.05, 0.1) is 16.9 Å². The summed E-state index contributed by atoms with van der Waals surface area (Å²) in [5, 5.41) is 20.0. The van der Waals surface area contributed by atoms with Crippen LogP contribution in [0.15, 0.2) is 27.8 Å². The van der Waals surface area contributed by atoms with Crippen molar-refractivity contribution < 1.29 is 43.6 Å². The Morgan fingerprint density at radius 2 is 1.66 bits per heavy atom. The van der Waals surface area contributed by atoms with Crippen LogP contribution in [0.25, 0.3) is 16.3 Å². The molecule has 0 saturated carbocycles. The van der Waals surface area contributed by atoms with Gasteiger partial charge in [-0.2, -0.15) is 4.79 Å². The van der Waals surface area contributed by atoms with Crippen LogP contribution < -0.4 is 16.2 Å². The number of phenols is 1. The van der Waals surface area contributed by atoms with Crippen LogP contribution in [-0.4, -0.2) is 44.6 Å². The Kier molecular flexibility index (Phi) is 6.42. The van der Waals surface area contributed by atoms with E-state index in [1.807, 2.05) is 0 Å². The second kappa shape index (κ2) is 9.16. The SMILES string of the molecule is CC(=O)OC1c2c(c3c(=O)c4cccc(O)c4c(=O)c=3c2=[N+]=[N-])C(O)C(OC(C)=O)C1(C)OC(=O)C(C)C. The Morgan fingerprint density at radius 1 is 1.03 bits per heavy atom. The molecule has 3 aliphatic carbocycles. The summed E-state index contributed by atoms with van der Waals surface area (Å²) in [6.07, 6.45) is -5.31. The number of aliphatic hydroxyl groups is 1. The van der Waals surface area contributed by atoms with Gasteiger partial charge in [-0.15, -0.1) is 0 Å². The minimum absolute atomic E-state index is 0.181. The second-order valence-corrected chi connectivity index (χ2v) is 9.61. The lowest BCUT2D eigenvalue weighted by atomic mass is 9.75. The minimum atomic E-state index is -2.09. The zero-order chi connectivity index (χ0) is 28.3. The van der Waals surface area contributed by atoms with Gasteiger partial charge in [0.25, 0.3) is 0 Å². The van der Waals surface area contributed by atoms with Gasteiger partial charge in [0, 0.05) is 30.0 Å². The molecule has 2 N–H and O–H groups in total. The molecule has 0 saturated heterocycles. The first-order chi connectivity index (χ1) is 17.8. The van der Waals surface area contributed by atoms with Gasteiger partial charge in [-0.05, 0) is 13.0 Å². The smallest absolute Gasteiger partial charge is 0.334 e. The minimum Gasteiger partial charge on any atom is -0.507 e. The molecule has 0 spiro atoms. The van der Waals surface area contributed by atoms with Gasteiger partial charge in [0.1, 0.15) is 17.1 Å². The summed E-state index contributed by atoms with van der Waals surface area (Å²) in [5.41, 5.74) is 5.66. The first-order valence-electron chi connectivity index (χ1n) is 11.6. The molecule has 12 nitrogen and oxygen atoms in total. The molecule has 12 heteroatoms. The number of aromatic hydroxyl groups is 1. The first kappa shape index (κ1) is 26.6. The molecule has 0 radical (unpaired) electrons. The Bertz CT molecular complexity index is 1760. The van der Waals surface area contributed by atoms with E-state index in [0.717, 1.165) is 13.8 Å². The lowest BCUT2D eigenvalue weighted by Gasteiger charge is -2.46. The Hall–Kier alpha value is -4.41. The lowest BCUT2D eigenvalue weighted by molar-refractivity contribution is -0.233. The van der Waals surface area contributed by atoms with Crippen LogP contribution in [0.3, 0.4) is 0 Å². The molecule has 4 rings (SSSR count). The maximum atomic E-state index is 13.6. The third-order valence-electron chi connectivity index (χ3n) is 6.67. The number of hydrogen-bond acceptors (Lipinski definition) is 10. The number of esters is 3. The average Bonchev–Trinajstić information content (AvgIpc) is 3.18. The molecule has 0 bridgehead atoms. The van der Waals surface area contributed by atoms with Gasteiger partial charge in [0.15, 0.2) is 23.2 Å². The molecule has 0 aliphatic heterocycles. The Morgan fingerprint density at radius 3 is 2.21 bits per heavy atom. The molecule has 3 aliphatic rings. The second-order valence-electron chi connectivity index (χ2n) is 9.61. The summed E-state index contributed by atoms with van der Waals surface area (Å²) < 4.78 is 16.5. The van der Waals surface area contributed by atoms with Crippen LogP contribution in [0.1, 0.15) is 58.0 Å². The molecule has 4 atom stereocenters. The highest BCUT2D eigenvalue weighted by molar-refractivity contribution is 5.88. The highest BCUT2D eigenvalue weighted by Gasteiger charge is 2.60. The molecule has 1 aromatic rings. The number of nitrogens with zero attached hydrogens (tertiary/aromatic N) is 2. The van der Waals surface area contributed by atoms with E-state index in [2.05, 4.69) is 4.79 Å². The number of rotatable bonds is 4. The van der Waals surface area contributed by atoms with E-state index >= 15 is 0 Å². The Balaban J connectivity index is 2.27. The zero-order valence-electron chi connectivity index (χ0n) is 21.1. The Labute approximate surface area is 214 Å². The van der Waals surface area contributed by atoms with Gasteiger partial charge >= 0.3 is 23.3 Å². The third kappa shape index (κ3) is 3.77. The largest absolute Gasteiger partial charge is 0.507 e. The number of phenolic OH excluding ortho intramolecular Hbond substituents is 1. The van der Waals surface area contributed by atoms with E-state index in [1.54, 1.807) is 0 Å². The molecular formula is C26H24N2O10. The van der Waals surface area contributed by atoms with E-state index in [9.17, 15) is 39.7 Å². The van der Waals surface area contributed by atoms with Crippen molar-refractivity contribution in [1.29, 1.82) is 0 Å². The fourth-order valence-corrected chi connectivity index (χ4v) is 5.06. The van der Waals surface area contributed by atoms with Crippen LogP contribution in [0.2, 0.25) is 0 Å². The summed E-state index contributed by atoms with van der Waals surface area (Å²) in [6.45, 7) is 6.37. The fraction of sp³-hybridized carbons (Fsp3) is 0.385. The number of ether oxygens (including phenoxy) is 3. The maximum absolute atomic E-state index is 13.6. The summed E-state index contributed by atoms with van der Waals surface area (Å²) in [4.78, 5) is 67.5. The predicted octanol–water partition coefficient (Wildman–Crippen LogP) is 0.537. The van der Waals surface area contributed by atoms with Crippen molar-refractivity contribution in [3.63, 3.8) is 0 Å². The molecular weight excluding hydrogens is 500 g/mol. The summed E-state index contributed by atoms with van der Waals surface area (Å²) in [6, 6.07) is 3.84. The van der Waals surface area contributed by atoms with Gasteiger partial charge in [-0.25, -0.2) is 0 Å². The van der Waals surface area contributed by atoms with E-state index in [0.29, 0.717) is 0 Å². The third-order valence-corrected chi connectivity index (χ3v) is 6.67. The summed E-state index contributed by atoms with van der Waals surface area (Å²) in [5.74, 6) is -3.79. The molecule has 1 aromatic carbocycles. The quantitative estimate of drug-likeness (QED) is 0.211. The maximum Gasteiger partial charge on any atom is 0.334 e. The molecule has 0 heterocycles. The summed E-state index contributed by atoms with van der Waals surface area (Å²) in [7, 11) is 0. The van der Waals surface area contributed by atoms with E-state index < -0.39 is 74.9 Å². The molecule has 198 valence electrons. The van der Waals surface area contributed by atoms with Gasteiger partial charge in [-0.3, -0.25) is 24.0 Å². The van der Waals surface area contributed by atoms with Crippen LogP contribution >= 0.6 is 0 Å². The average molecular weight is 524 g/mol. The molecule has 4 unspecified atom stereocenters. The van der Waals surface area contributed by atoms with Gasteiger partial charge in [0.2, 0.25) is 5.43 Å². The number of fused-ring (bicyclic) bond motifs is 3. The van der Waals surface area contributed by atoms with Gasteiger partial charge in [-0.1, -0.05) is 26.0 Å². The van der Waals surface area contributed by atoms with Crippen molar-refractivity contribution in [2.75, 3.05) is 0 Å². The lowest BCUT2D eigenvalue weighted by Crippen LogP contribution is -2.58. The standard InChI is InChI=1S/C26H24N2O10/c1-9(2)25(35)38-26(5)23(36-10(3)29)18-16(22(34)24(26)37-11(4)30)15-17(19(18)28-27)21(33)14-12(20(15)32)7-6-8-13(14)31/h6-9,22-24,31,34H,1-5H3. The van der Waals surface area contributed by atoms with Crippen LogP contribution in [0.4, 0.5) is 0 Å². The van der Waals surface area contributed by atoms with Crippen molar-refractivity contribution in [3.05, 3.63) is 71.1 Å². The van der Waals surface area contributed by atoms with Crippen LogP contribution in [-0.2, 0) is 28.6 Å². The first-order valence-corrected chi connectivity index (χ1v) is 11.6. The van der Waals surface area contributed by atoms with Crippen molar-refractivity contribution in [3.8, 4) is 5.75 Å². The van der Waals surface area contributed by atoms with E-state index in [-0.39, 0.29) is 27.1 Å². The number of carbonyl (C=O) groups is 3. The fourth-order valence-electron chi connectivity index (χ4n) is 5.06. The number of hydrogen-bond donors (Lipinski definition) is 2. The van der Waals surface area contributed by atoms with Crippen LogP contribution in [0, 0.1) is 16.4 Å². The van der Waals surface area contributed by atoms with Crippen molar-refractivity contribution in [2.24, 2.45) is 5.92 Å². The van der Waals surface area contributed by atoms with Gasteiger partial charge < -0.3 is 30.0 Å². The van der Waals surface area contributed by atoms with Crippen molar-refractivity contribution in [2.45, 2.75) is 58.5 Å². The molecule has 0 fully saturated rings. The molecule has 38 heavy (non-hydrogen) atoms. The highest BCUT2D eigenvalue weighted by Crippen LogP contribution is 2.48. The number of benzene rings is 1. The highest BCUT2D eigenvalue weighted by atomic mass is 16.6. The normalized spacial score (nSPS) is 22.7. The monoisotopic (exact) mass is 524 g/mol. The van der Waals surface area contributed by atoms with E-state index in [4.69, 9.17) is 14.2 Å². The topological polar surface area (TPSA) is 190 Å². The molecule has 0 aromatic heterocycles. The number of carbonyl (C=O) groups excluding carboxylic acids is 3. The predicted molar refractivity (Wildman–Crippen MR) is 127 cm³/mol. The number of aliphatic hydroxyl groups excluding tert-OH is 1. The van der Waals surface area contributed by atoms with Crippen LogP contribution in [0.5, 0.6) is 5.75 Å².